The summed E-state index contributed by atoms with van der Waals surface area (Å²) in [4.78, 5) is 29.1. The number of hydrogen-bond donors (Lipinski definition) is 1. The van der Waals surface area contributed by atoms with E-state index in [4.69, 9.17) is 14.2 Å². The fraction of sp³-hybridized carbons (Fsp3) is 0.435. The van der Waals surface area contributed by atoms with Gasteiger partial charge in [-0.2, -0.15) is 0 Å². The molecule has 0 unspecified atom stereocenters. The number of para-hydroxylation sites is 1. The van der Waals surface area contributed by atoms with Crippen LogP contribution in [0, 0.1) is 5.92 Å². The highest BCUT2D eigenvalue weighted by Crippen LogP contribution is 2.29. The number of carbonyl (C=O) groups is 2. The molecule has 0 fully saturated rings. The Labute approximate surface area is 177 Å². The van der Waals surface area contributed by atoms with Crippen LogP contribution in [-0.4, -0.2) is 41.2 Å². The predicted molar refractivity (Wildman–Crippen MR) is 112 cm³/mol. The minimum atomic E-state index is -0.701. The SMILES string of the molecule is CCC[C@@H](OC(=O)[C@H](C)CC(=O)c1nccc(OC)c1O)[C@@H](C)Oc1ccccc1. The molecule has 30 heavy (non-hydrogen) atoms. The first-order valence-corrected chi connectivity index (χ1v) is 10.0. The van der Waals surface area contributed by atoms with Crippen molar-refractivity contribution in [3.63, 3.8) is 0 Å². The number of ether oxygens (including phenoxy) is 3. The van der Waals surface area contributed by atoms with Crippen molar-refractivity contribution in [2.75, 3.05) is 7.11 Å². The average molecular weight is 415 g/mol. The van der Waals surface area contributed by atoms with Gasteiger partial charge in [-0.05, 0) is 25.5 Å². The smallest absolute Gasteiger partial charge is 0.309 e. The van der Waals surface area contributed by atoms with E-state index in [1.807, 2.05) is 44.2 Å². The van der Waals surface area contributed by atoms with Crippen LogP contribution >= 0.6 is 0 Å². The quantitative estimate of drug-likeness (QED) is 0.434. The van der Waals surface area contributed by atoms with Crippen molar-refractivity contribution in [3.05, 3.63) is 48.3 Å². The third-order valence-corrected chi connectivity index (χ3v) is 4.69. The van der Waals surface area contributed by atoms with Gasteiger partial charge in [0.25, 0.3) is 0 Å². The van der Waals surface area contributed by atoms with Gasteiger partial charge >= 0.3 is 5.97 Å². The van der Waals surface area contributed by atoms with Crippen LogP contribution in [0.3, 0.4) is 0 Å². The van der Waals surface area contributed by atoms with Gasteiger partial charge in [0, 0.05) is 18.7 Å². The zero-order valence-corrected chi connectivity index (χ0v) is 17.8. The van der Waals surface area contributed by atoms with E-state index in [0.29, 0.717) is 12.2 Å². The summed E-state index contributed by atoms with van der Waals surface area (Å²) >= 11 is 0. The van der Waals surface area contributed by atoms with Crippen LogP contribution in [0.15, 0.2) is 42.6 Å². The molecular formula is C23H29NO6. The number of esters is 1. The number of methoxy groups -OCH3 is 1. The molecule has 0 bridgehead atoms. The zero-order valence-electron chi connectivity index (χ0n) is 17.8. The highest BCUT2D eigenvalue weighted by Gasteiger charge is 2.28. The molecule has 1 heterocycles. The monoisotopic (exact) mass is 415 g/mol. The van der Waals surface area contributed by atoms with Crippen molar-refractivity contribution in [1.82, 2.24) is 4.98 Å². The Morgan fingerprint density at radius 2 is 1.83 bits per heavy atom. The van der Waals surface area contributed by atoms with Crippen LogP contribution in [0.25, 0.3) is 0 Å². The molecule has 162 valence electrons. The van der Waals surface area contributed by atoms with Crippen LogP contribution in [0.2, 0.25) is 0 Å². The highest BCUT2D eigenvalue weighted by atomic mass is 16.6. The van der Waals surface area contributed by atoms with Gasteiger partial charge < -0.3 is 19.3 Å². The molecule has 2 rings (SSSR count). The molecule has 7 nitrogen and oxygen atoms in total. The number of aromatic hydroxyl groups is 1. The van der Waals surface area contributed by atoms with Crippen LogP contribution in [-0.2, 0) is 9.53 Å². The lowest BCUT2D eigenvalue weighted by Crippen LogP contribution is -2.35. The van der Waals surface area contributed by atoms with Gasteiger partial charge in [-0.25, -0.2) is 4.98 Å². The van der Waals surface area contributed by atoms with E-state index in [9.17, 15) is 14.7 Å². The number of hydrogen-bond acceptors (Lipinski definition) is 7. The van der Waals surface area contributed by atoms with E-state index in [-0.39, 0.29) is 29.7 Å². The summed E-state index contributed by atoms with van der Waals surface area (Å²) in [5.41, 5.74) is -0.125. The largest absolute Gasteiger partial charge is 0.503 e. The predicted octanol–water partition coefficient (Wildman–Crippen LogP) is 4.18. The van der Waals surface area contributed by atoms with Crippen LogP contribution in [0.5, 0.6) is 17.2 Å². The third kappa shape index (κ3) is 6.20. The van der Waals surface area contributed by atoms with E-state index >= 15 is 0 Å². The lowest BCUT2D eigenvalue weighted by molar-refractivity contribution is -0.158. The van der Waals surface area contributed by atoms with Gasteiger partial charge in [0.2, 0.25) is 0 Å². The van der Waals surface area contributed by atoms with E-state index in [1.165, 1.54) is 19.4 Å². The van der Waals surface area contributed by atoms with Gasteiger partial charge in [-0.15, -0.1) is 0 Å². The fourth-order valence-electron chi connectivity index (χ4n) is 2.99. The highest BCUT2D eigenvalue weighted by molar-refractivity contribution is 5.99. The van der Waals surface area contributed by atoms with Gasteiger partial charge in [0.15, 0.2) is 23.0 Å². The van der Waals surface area contributed by atoms with Gasteiger partial charge in [0.1, 0.15) is 18.0 Å². The second-order valence-electron chi connectivity index (χ2n) is 7.14. The van der Waals surface area contributed by atoms with Crippen LogP contribution in [0.4, 0.5) is 0 Å². The Hall–Kier alpha value is -3.09. The first-order chi connectivity index (χ1) is 14.4. The van der Waals surface area contributed by atoms with Gasteiger partial charge in [0.05, 0.1) is 13.0 Å². The standard InChI is InChI=1S/C23H29NO6/c1-5-9-19(16(3)29-17-10-7-6-8-11-17)30-23(27)15(2)14-18(25)21-22(26)20(28-4)12-13-24-21/h6-8,10-13,15-16,19,26H,5,9,14H2,1-4H3/t15-,16-,19-/m1/s1. The molecule has 0 spiro atoms. The minimum absolute atomic E-state index is 0.125. The third-order valence-electron chi connectivity index (χ3n) is 4.69. The minimum Gasteiger partial charge on any atom is -0.503 e. The van der Waals surface area contributed by atoms with Crippen LogP contribution in [0.1, 0.15) is 50.5 Å². The number of benzene rings is 1. The summed E-state index contributed by atoms with van der Waals surface area (Å²) in [5.74, 6) is -1.14. The van der Waals surface area contributed by atoms with Gasteiger partial charge in [-0.1, -0.05) is 38.5 Å². The summed E-state index contributed by atoms with van der Waals surface area (Å²) < 4.78 is 16.6. The molecule has 0 aliphatic rings. The molecule has 0 aliphatic carbocycles. The summed E-state index contributed by atoms with van der Waals surface area (Å²) in [5, 5.41) is 10.1. The average Bonchev–Trinajstić information content (AvgIpc) is 2.74. The second-order valence-corrected chi connectivity index (χ2v) is 7.14. The molecule has 1 aromatic carbocycles. The lowest BCUT2D eigenvalue weighted by atomic mass is 10.0. The van der Waals surface area contributed by atoms with E-state index in [1.54, 1.807) is 6.92 Å². The normalized spacial score (nSPS) is 13.7. The second kappa shape index (κ2) is 11.2. The molecule has 7 heteroatoms. The van der Waals surface area contributed by atoms with Crippen molar-refractivity contribution >= 4 is 11.8 Å². The topological polar surface area (TPSA) is 95.0 Å². The Kier molecular flexibility index (Phi) is 8.65. The summed E-state index contributed by atoms with van der Waals surface area (Å²) in [7, 11) is 1.38. The number of ketones is 1. The van der Waals surface area contributed by atoms with Crippen molar-refractivity contribution in [1.29, 1.82) is 0 Å². The van der Waals surface area contributed by atoms with Crippen molar-refractivity contribution < 1.29 is 28.9 Å². The summed E-state index contributed by atoms with van der Waals surface area (Å²) in [6.07, 6.45) is 1.90. The zero-order chi connectivity index (χ0) is 22.1. The van der Waals surface area contributed by atoms with Crippen molar-refractivity contribution in [2.45, 2.75) is 52.2 Å². The maximum Gasteiger partial charge on any atom is 0.309 e. The molecule has 1 N–H and O–H groups in total. The van der Waals surface area contributed by atoms with Crippen LogP contribution < -0.4 is 9.47 Å². The number of carbonyl (C=O) groups excluding carboxylic acids is 2. The molecular weight excluding hydrogens is 386 g/mol. The van der Waals surface area contributed by atoms with Crippen molar-refractivity contribution in [2.24, 2.45) is 5.92 Å². The molecule has 3 atom stereocenters. The molecule has 0 saturated heterocycles. The Morgan fingerprint density at radius 1 is 1.13 bits per heavy atom. The number of pyridine rings is 1. The number of nitrogens with zero attached hydrogens (tertiary/aromatic N) is 1. The molecule has 0 radical (unpaired) electrons. The fourth-order valence-corrected chi connectivity index (χ4v) is 2.99. The molecule has 1 aromatic heterocycles. The molecule has 0 amide bonds. The van der Waals surface area contributed by atoms with Gasteiger partial charge in [-0.3, -0.25) is 9.59 Å². The Morgan fingerprint density at radius 3 is 2.47 bits per heavy atom. The molecule has 0 saturated carbocycles. The summed E-state index contributed by atoms with van der Waals surface area (Å²) in [6, 6.07) is 10.8. The number of rotatable bonds is 11. The van der Waals surface area contributed by atoms with E-state index in [0.717, 1.165) is 6.42 Å². The maximum atomic E-state index is 12.6. The lowest BCUT2D eigenvalue weighted by Gasteiger charge is -2.26. The maximum absolute atomic E-state index is 12.6. The van der Waals surface area contributed by atoms with E-state index in [2.05, 4.69) is 4.98 Å². The number of aromatic nitrogens is 1. The summed E-state index contributed by atoms with van der Waals surface area (Å²) in [6.45, 7) is 5.47. The first-order valence-electron chi connectivity index (χ1n) is 10.0. The molecule has 0 aliphatic heterocycles. The first kappa shape index (κ1) is 23.2. The van der Waals surface area contributed by atoms with Crippen molar-refractivity contribution in [3.8, 4) is 17.2 Å². The Bertz CT molecular complexity index is 839. The molecule has 2 aromatic rings. The Balaban J connectivity index is 2.00. The number of Topliss-reactive ketones (excluding diaryl/α,β-unsaturated/α-hetero) is 1. The van der Waals surface area contributed by atoms with E-state index < -0.39 is 23.8 Å².